The van der Waals surface area contributed by atoms with Gasteiger partial charge >= 0.3 is 0 Å². The predicted molar refractivity (Wildman–Crippen MR) is 105 cm³/mol. The van der Waals surface area contributed by atoms with E-state index in [2.05, 4.69) is 15.5 Å². The number of thioether (sulfide) groups is 1. The highest BCUT2D eigenvalue weighted by molar-refractivity contribution is 7.99. The molecule has 0 radical (unpaired) electrons. The monoisotopic (exact) mass is 416 g/mol. The number of benzene rings is 2. The number of aromatic nitrogens is 4. The van der Waals surface area contributed by atoms with Crippen molar-refractivity contribution in [2.75, 3.05) is 26.3 Å². The Morgan fingerprint density at radius 2 is 2.00 bits per heavy atom. The molecule has 3 aromatic rings. The fourth-order valence-electron chi connectivity index (χ4n) is 2.72. The topological polar surface area (TPSA) is 101 Å². The number of aliphatic hydroxyl groups excluding tert-OH is 1. The van der Waals surface area contributed by atoms with Crippen molar-refractivity contribution < 1.29 is 24.1 Å². The third kappa shape index (κ3) is 4.78. The second kappa shape index (κ2) is 9.12. The Labute approximate surface area is 171 Å². The van der Waals surface area contributed by atoms with Gasteiger partial charge in [0, 0.05) is 5.75 Å². The number of aliphatic hydroxyl groups is 1. The first-order chi connectivity index (χ1) is 14.2. The number of hydrogen-bond donors (Lipinski definition) is 1. The van der Waals surface area contributed by atoms with E-state index in [-0.39, 0.29) is 13.4 Å². The molecular weight excluding hydrogens is 396 g/mol. The minimum Gasteiger partial charge on any atom is -0.497 e. The summed E-state index contributed by atoms with van der Waals surface area (Å²) in [6, 6.07) is 13.1. The minimum atomic E-state index is -0.657. The Morgan fingerprint density at radius 3 is 2.83 bits per heavy atom. The average molecular weight is 416 g/mol. The van der Waals surface area contributed by atoms with Gasteiger partial charge in [-0.1, -0.05) is 17.8 Å². The fraction of sp³-hybridized carbons (Fsp3) is 0.316. The molecule has 0 unspecified atom stereocenters. The lowest BCUT2D eigenvalue weighted by Gasteiger charge is -2.11. The lowest BCUT2D eigenvalue weighted by atomic mass is 10.2. The molecule has 9 nitrogen and oxygen atoms in total. The van der Waals surface area contributed by atoms with Gasteiger partial charge in [-0.25, -0.2) is 0 Å². The molecule has 0 saturated heterocycles. The number of tetrazole rings is 1. The van der Waals surface area contributed by atoms with Gasteiger partial charge in [0.1, 0.15) is 5.75 Å². The largest absolute Gasteiger partial charge is 0.497 e. The van der Waals surface area contributed by atoms with Crippen LogP contribution in [0.15, 0.2) is 47.6 Å². The van der Waals surface area contributed by atoms with Crippen molar-refractivity contribution in [2.24, 2.45) is 0 Å². The van der Waals surface area contributed by atoms with E-state index in [1.807, 2.05) is 42.5 Å². The summed E-state index contributed by atoms with van der Waals surface area (Å²) in [6.45, 7) is 0.819. The van der Waals surface area contributed by atoms with Gasteiger partial charge in [-0.3, -0.25) is 0 Å². The van der Waals surface area contributed by atoms with Crippen molar-refractivity contribution in [3.05, 3.63) is 48.0 Å². The highest BCUT2D eigenvalue weighted by Gasteiger charge is 2.15. The number of fused-ring (bicyclic) bond motifs is 1. The lowest BCUT2D eigenvalue weighted by molar-refractivity contribution is 0.0397. The molecule has 0 aliphatic carbocycles. The molecule has 0 amide bonds. The first-order valence-electron chi connectivity index (χ1n) is 8.93. The van der Waals surface area contributed by atoms with E-state index < -0.39 is 6.10 Å². The van der Waals surface area contributed by atoms with Crippen LogP contribution in [0.1, 0.15) is 5.56 Å². The van der Waals surface area contributed by atoms with Gasteiger partial charge < -0.3 is 24.1 Å². The Balaban J connectivity index is 1.26. The van der Waals surface area contributed by atoms with Crippen LogP contribution in [0.4, 0.5) is 0 Å². The summed E-state index contributed by atoms with van der Waals surface area (Å²) in [5.74, 6) is 2.61. The molecule has 1 N–H and O–H groups in total. The number of ether oxygens (including phenoxy) is 4. The number of nitrogens with zero attached hydrogens (tertiary/aromatic N) is 4. The predicted octanol–water partition coefficient (Wildman–Crippen LogP) is 2.07. The molecule has 0 fully saturated rings. The molecule has 1 aliphatic rings. The molecule has 2 heterocycles. The van der Waals surface area contributed by atoms with Crippen molar-refractivity contribution in [1.29, 1.82) is 0 Å². The Morgan fingerprint density at radius 1 is 1.17 bits per heavy atom. The summed E-state index contributed by atoms with van der Waals surface area (Å²) < 4.78 is 23.0. The molecular formula is C19H20N4O5S. The standard InChI is InChI=1S/C19H20N4O5S/c1-25-16-5-3-14(4-6-16)23-19(20-21-22-23)29-11-15(24)10-26-9-13-2-7-17-18(8-13)28-12-27-17/h2-8,15,24H,9-12H2,1H3/t15-/m0/s1. The average Bonchev–Trinajstić information content (AvgIpc) is 3.41. The first-order valence-corrected chi connectivity index (χ1v) is 9.91. The van der Waals surface area contributed by atoms with Crippen LogP contribution in [0.25, 0.3) is 5.69 Å². The smallest absolute Gasteiger partial charge is 0.231 e. The van der Waals surface area contributed by atoms with Crippen LogP contribution in [0.2, 0.25) is 0 Å². The maximum absolute atomic E-state index is 10.2. The third-order valence-electron chi connectivity index (χ3n) is 4.18. The lowest BCUT2D eigenvalue weighted by Crippen LogP contribution is -2.18. The summed E-state index contributed by atoms with van der Waals surface area (Å²) in [6.07, 6.45) is -0.657. The fourth-order valence-corrected chi connectivity index (χ4v) is 3.51. The maximum atomic E-state index is 10.2. The molecule has 1 aromatic heterocycles. The van der Waals surface area contributed by atoms with E-state index >= 15 is 0 Å². The van der Waals surface area contributed by atoms with Crippen LogP contribution < -0.4 is 14.2 Å². The van der Waals surface area contributed by atoms with E-state index in [0.717, 1.165) is 22.7 Å². The Kier molecular flexibility index (Phi) is 6.13. The molecule has 2 aromatic carbocycles. The zero-order valence-electron chi connectivity index (χ0n) is 15.7. The normalized spacial score (nSPS) is 13.4. The van der Waals surface area contributed by atoms with Gasteiger partial charge in [0.2, 0.25) is 11.9 Å². The zero-order valence-corrected chi connectivity index (χ0v) is 16.5. The number of hydrogen-bond acceptors (Lipinski definition) is 9. The second-order valence-corrected chi connectivity index (χ2v) is 7.23. The van der Waals surface area contributed by atoms with E-state index in [0.29, 0.717) is 23.3 Å². The zero-order chi connectivity index (χ0) is 20.1. The maximum Gasteiger partial charge on any atom is 0.231 e. The number of rotatable bonds is 9. The summed E-state index contributed by atoms with van der Waals surface area (Å²) in [4.78, 5) is 0. The third-order valence-corrected chi connectivity index (χ3v) is 5.24. The highest BCUT2D eigenvalue weighted by atomic mass is 32.2. The van der Waals surface area contributed by atoms with E-state index in [9.17, 15) is 5.11 Å². The van der Waals surface area contributed by atoms with Crippen molar-refractivity contribution in [3.63, 3.8) is 0 Å². The van der Waals surface area contributed by atoms with Gasteiger partial charge in [0.25, 0.3) is 0 Å². The molecule has 0 saturated carbocycles. The molecule has 0 bridgehead atoms. The molecule has 152 valence electrons. The van der Waals surface area contributed by atoms with Crippen LogP contribution in [-0.4, -0.2) is 57.7 Å². The highest BCUT2D eigenvalue weighted by Crippen LogP contribution is 2.32. The van der Waals surface area contributed by atoms with Crippen LogP contribution in [0, 0.1) is 0 Å². The molecule has 10 heteroatoms. The summed E-state index contributed by atoms with van der Waals surface area (Å²) >= 11 is 1.36. The second-order valence-electron chi connectivity index (χ2n) is 6.24. The van der Waals surface area contributed by atoms with E-state index in [1.54, 1.807) is 11.8 Å². The molecule has 1 atom stereocenters. The minimum absolute atomic E-state index is 0.200. The van der Waals surface area contributed by atoms with Gasteiger partial charge in [-0.05, 0) is 52.4 Å². The van der Waals surface area contributed by atoms with Crippen LogP contribution in [0.5, 0.6) is 17.2 Å². The van der Waals surface area contributed by atoms with E-state index in [1.165, 1.54) is 11.8 Å². The van der Waals surface area contributed by atoms with Crippen molar-refractivity contribution in [1.82, 2.24) is 20.2 Å². The quantitative estimate of drug-likeness (QED) is 0.525. The Hall–Kier alpha value is -2.82. The van der Waals surface area contributed by atoms with Crippen LogP contribution in [0.3, 0.4) is 0 Å². The molecule has 1 aliphatic heterocycles. The van der Waals surface area contributed by atoms with Gasteiger partial charge in [-0.2, -0.15) is 4.68 Å². The Bertz CT molecular complexity index is 950. The van der Waals surface area contributed by atoms with Gasteiger partial charge in [0.05, 0.1) is 32.1 Å². The molecule has 0 spiro atoms. The van der Waals surface area contributed by atoms with Crippen LogP contribution >= 0.6 is 11.8 Å². The molecule has 29 heavy (non-hydrogen) atoms. The van der Waals surface area contributed by atoms with Crippen LogP contribution in [-0.2, 0) is 11.3 Å². The van der Waals surface area contributed by atoms with Crippen molar-refractivity contribution in [3.8, 4) is 22.9 Å². The van der Waals surface area contributed by atoms with Gasteiger partial charge in [-0.15, -0.1) is 5.10 Å². The SMILES string of the molecule is COc1ccc(-n2nnnc2SC[C@@H](O)COCc2ccc3c(c2)OCO3)cc1. The summed E-state index contributed by atoms with van der Waals surface area (Å²) in [7, 11) is 1.61. The first kappa shape index (κ1) is 19.5. The molecule has 4 rings (SSSR count). The van der Waals surface area contributed by atoms with Gasteiger partial charge in [0.15, 0.2) is 11.5 Å². The van der Waals surface area contributed by atoms with Crippen molar-refractivity contribution in [2.45, 2.75) is 17.9 Å². The number of methoxy groups -OCH3 is 1. The van der Waals surface area contributed by atoms with E-state index in [4.69, 9.17) is 18.9 Å². The summed E-state index contributed by atoms with van der Waals surface area (Å²) in [5.41, 5.74) is 1.77. The van der Waals surface area contributed by atoms with Crippen molar-refractivity contribution >= 4 is 11.8 Å². The summed E-state index contributed by atoms with van der Waals surface area (Å²) in [5, 5.41) is 22.6.